The molecular weight excluding hydrogens is 648 g/mol. The summed E-state index contributed by atoms with van der Waals surface area (Å²) in [6, 6.07) is 12.7. The van der Waals surface area contributed by atoms with Crippen molar-refractivity contribution in [3.05, 3.63) is 94.8 Å². The third-order valence-electron chi connectivity index (χ3n) is 6.48. The molecule has 1 unspecified atom stereocenters. The van der Waals surface area contributed by atoms with Crippen LogP contribution in [0.3, 0.4) is 0 Å². The number of anilines is 1. The van der Waals surface area contributed by atoms with E-state index < -0.39 is 47.1 Å². The number of amidine groups is 1. The number of alkyl halides is 6. The van der Waals surface area contributed by atoms with E-state index in [0.29, 0.717) is 22.0 Å². The lowest BCUT2D eigenvalue weighted by Crippen LogP contribution is -2.39. The fourth-order valence-corrected chi connectivity index (χ4v) is 5.25. The lowest BCUT2D eigenvalue weighted by molar-refractivity contribution is -0.138. The molecule has 1 atom stereocenters. The van der Waals surface area contributed by atoms with Crippen LogP contribution < -0.4 is 15.8 Å². The van der Waals surface area contributed by atoms with Crippen molar-refractivity contribution in [1.29, 1.82) is 0 Å². The van der Waals surface area contributed by atoms with Crippen molar-refractivity contribution in [2.24, 2.45) is 4.99 Å². The molecule has 0 bridgehead atoms. The fraction of sp³-hybridized carbons (Fsp3) is 0.179. The molecule has 234 valence electrons. The van der Waals surface area contributed by atoms with Crippen molar-refractivity contribution in [1.82, 2.24) is 25.6 Å². The third-order valence-corrected chi connectivity index (χ3v) is 7.64. The predicted octanol–water partition coefficient (Wildman–Crippen LogP) is 7.04. The van der Waals surface area contributed by atoms with E-state index in [9.17, 15) is 35.9 Å². The Morgan fingerprint density at radius 1 is 1.00 bits per heavy atom. The van der Waals surface area contributed by atoms with Gasteiger partial charge >= 0.3 is 18.4 Å². The summed E-state index contributed by atoms with van der Waals surface area (Å²) >= 11 is 6.70. The van der Waals surface area contributed by atoms with E-state index in [4.69, 9.17) is 11.6 Å². The molecule has 4 aromatic rings. The van der Waals surface area contributed by atoms with Crippen LogP contribution in [-0.4, -0.2) is 37.6 Å². The van der Waals surface area contributed by atoms with Gasteiger partial charge in [-0.25, -0.2) is 19.9 Å². The Morgan fingerprint density at radius 2 is 1.69 bits per heavy atom. The molecule has 3 amide bonds. The normalized spacial score (nSPS) is 15.5. The van der Waals surface area contributed by atoms with E-state index in [1.807, 2.05) is 0 Å². The maximum Gasteiger partial charge on any atom is 0.418 e. The highest BCUT2D eigenvalue weighted by Crippen LogP contribution is 2.40. The molecule has 0 saturated carbocycles. The van der Waals surface area contributed by atoms with E-state index in [1.165, 1.54) is 23.1 Å². The van der Waals surface area contributed by atoms with Crippen LogP contribution in [0.2, 0.25) is 5.02 Å². The molecule has 2 heterocycles. The van der Waals surface area contributed by atoms with Gasteiger partial charge in [-0.1, -0.05) is 47.6 Å². The number of nitrogens with zero attached hydrogens (tertiary/aromatic N) is 5. The minimum absolute atomic E-state index is 0.0312. The Bertz CT molecular complexity index is 1760. The number of hydrazine groups is 1. The summed E-state index contributed by atoms with van der Waals surface area (Å²) in [4.78, 5) is 33.8. The fourth-order valence-electron chi connectivity index (χ4n) is 4.22. The van der Waals surface area contributed by atoms with Gasteiger partial charge in [0.25, 0.3) is 0 Å². The van der Waals surface area contributed by atoms with Gasteiger partial charge in [0.1, 0.15) is 6.33 Å². The molecule has 45 heavy (non-hydrogen) atoms. The Balaban J connectivity index is 1.23. The van der Waals surface area contributed by atoms with E-state index in [1.54, 1.807) is 31.2 Å². The number of aromatic nitrogens is 3. The second kappa shape index (κ2) is 12.5. The number of carbonyl (C=O) groups is 2. The standard InChI is InChI=1S/C28H20ClF6N7O2S/c1-15(16-2-4-17(5-3-16)24-36-14-41(40-24)20-9-6-18(7-10-20)27(30,31)32)38-39-25(44)37-26-42(23(43)13-45-26)22-12-19(29)8-11-21(22)28(33,34)35/h2-12,14-15,38H,13H2,1H3,(H,39,44)/b37-26-. The quantitative estimate of drug-likeness (QED) is 0.169. The van der Waals surface area contributed by atoms with E-state index >= 15 is 0 Å². The Labute approximate surface area is 260 Å². The summed E-state index contributed by atoms with van der Waals surface area (Å²) in [6.07, 6.45) is -7.86. The molecule has 2 N–H and O–H groups in total. The topological polar surface area (TPSA) is 105 Å². The number of urea groups is 1. The van der Waals surface area contributed by atoms with Gasteiger partial charge in [0.05, 0.1) is 28.3 Å². The summed E-state index contributed by atoms with van der Waals surface area (Å²) < 4.78 is 80.7. The SMILES string of the molecule is CC(NNC(=O)/N=C1\SCC(=O)N1c1cc(Cl)ccc1C(F)(F)F)c1ccc(-c2ncn(-c3ccc(C(F)(F)F)cc3)n2)cc1. The van der Waals surface area contributed by atoms with Gasteiger partial charge in [-0.3, -0.25) is 15.1 Å². The van der Waals surface area contributed by atoms with E-state index in [-0.39, 0.29) is 15.9 Å². The van der Waals surface area contributed by atoms with Crippen molar-refractivity contribution in [3.8, 4) is 17.1 Å². The molecule has 17 heteroatoms. The van der Waals surface area contributed by atoms with E-state index in [0.717, 1.165) is 47.7 Å². The molecule has 3 aromatic carbocycles. The first-order valence-corrected chi connectivity index (χ1v) is 14.2. The number of amides is 3. The van der Waals surface area contributed by atoms with Crippen LogP contribution in [0.1, 0.15) is 29.7 Å². The summed E-state index contributed by atoms with van der Waals surface area (Å²) in [7, 11) is 0. The van der Waals surface area contributed by atoms with Crippen LogP contribution in [-0.2, 0) is 17.1 Å². The first-order chi connectivity index (χ1) is 21.2. The lowest BCUT2D eigenvalue weighted by Gasteiger charge is -2.21. The highest BCUT2D eigenvalue weighted by Gasteiger charge is 2.40. The van der Waals surface area contributed by atoms with Gasteiger partial charge in [0, 0.05) is 16.6 Å². The van der Waals surface area contributed by atoms with Crippen LogP contribution >= 0.6 is 23.4 Å². The van der Waals surface area contributed by atoms with Crippen molar-refractivity contribution >= 4 is 46.2 Å². The van der Waals surface area contributed by atoms with Crippen LogP contribution in [0.25, 0.3) is 17.1 Å². The average molecular weight is 668 g/mol. The largest absolute Gasteiger partial charge is 0.418 e. The number of carbonyl (C=O) groups excluding carboxylic acids is 2. The first-order valence-electron chi connectivity index (χ1n) is 12.9. The average Bonchev–Trinajstić information content (AvgIpc) is 3.62. The van der Waals surface area contributed by atoms with Gasteiger partial charge in [-0.15, -0.1) is 5.10 Å². The van der Waals surface area contributed by atoms with Crippen molar-refractivity contribution in [2.75, 3.05) is 10.7 Å². The molecular formula is C28H20ClF6N7O2S. The van der Waals surface area contributed by atoms with Crippen LogP contribution in [0.4, 0.5) is 36.8 Å². The molecule has 1 saturated heterocycles. The van der Waals surface area contributed by atoms with E-state index in [2.05, 4.69) is 25.9 Å². The van der Waals surface area contributed by atoms with Crippen LogP contribution in [0, 0.1) is 0 Å². The van der Waals surface area contributed by atoms with Gasteiger partial charge in [0.2, 0.25) is 5.91 Å². The number of aliphatic imine (C=N–C) groups is 1. The summed E-state index contributed by atoms with van der Waals surface area (Å²) in [6.45, 7) is 1.72. The third kappa shape index (κ3) is 7.29. The molecule has 1 aromatic heterocycles. The molecule has 0 spiro atoms. The number of rotatable bonds is 6. The maximum absolute atomic E-state index is 13.6. The minimum atomic E-state index is -4.78. The molecule has 9 nitrogen and oxygen atoms in total. The second-order valence-corrected chi connectivity index (χ2v) is 10.9. The van der Waals surface area contributed by atoms with Crippen molar-refractivity contribution in [2.45, 2.75) is 25.3 Å². The zero-order valence-electron chi connectivity index (χ0n) is 22.8. The summed E-state index contributed by atoms with van der Waals surface area (Å²) in [5.74, 6) is -0.587. The maximum atomic E-state index is 13.6. The first kappa shape index (κ1) is 32.0. The second-order valence-electron chi connectivity index (χ2n) is 9.55. The minimum Gasteiger partial charge on any atom is -0.273 e. The number of hydrogen-bond donors (Lipinski definition) is 2. The Hall–Kier alpha value is -4.41. The van der Waals surface area contributed by atoms with Crippen molar-refractivity contribution in [3.63, 3.8) is 0 Å². The summed E-state index contributed by atoms with van der Waals surface area (Å²) in [5, 5.41) is 4.05. The number of hydrogen-bond acceptors (Lipinski definition) is 6. The zero-order valence-corrected chi connectivity index (χ0v) is 24.4. The number of thioether (sulfide) groups is 1. The molecule has 1 fully saturated rings. The van der Waals surface area contributed by atoms with Gasteiger partial charge in [0.15, 0.2) is 11.0 Å². The molecule has 0 radical (unpaired) electrons. The molecule has 5 rings (SSSR count). The van der Waals surface area contributed by atoms with Gasteiger partial charge in [-0.2, -0.15) is 31.3 Å². The number of nitrogens with one attached hydrogen (secondary N) is 2. The molecule has 1 aliphatic rings. The van der Waals surface area contributed by atoms with Gasteiger partial charge in [-0.05, 0) is 55.0 Å². The van der Waals surface area contributed by atoms with Crippen molar-refractivity contribution < 1.29 is 35.9 Å². The summed E-state index contributed by atoms with van der Waals surface area (Å²) in [5.41, 5.74) is 4.42. The smallest absolute Gasteiger partial charge is 0.273 e. The highest BCUT2D eigenvalue weighted by molar-refractivity contribution is 8.15. The molecule has 1 aliphatic heterocycles. The number of halogens is 7. The zero-order chi connectivity index (χ0) is 32.5. The number of benzene rings is 3. The lowest BCUT2D eigenvalue weighted by atomic mass is 10.1. The van der Waals surface area contributed by atoms with Crippen LogP contribution in [0.5, 0.6) is 0 Å². The highest BCUT2D eigenvalue weighted by atomic mass is 35.5. The monoisotopic (exact) mass is 667 g/mol. The molecule has 0 aliphatic carbocycles. The van der Waals surface area contributed by atoms with Crippen LogP contribution in [0.15, 0.2) is 78.0 Å². The predicted molar refractivity (Wildman–Crippen MR) is 156 cm³/mol. The van der Waals surface area contributed by atoms with Gasteiger partial charge < -0.3 is 0 Å². The Kier molecular flexibility index (Phi) is 8.91. The Morgan fingerprint density at radius 3 is 2.33 bits per heavy atom.